The van der Waals surface area contributed by atoms with Crippen LogP contribution in [0, 0.1) is 0 Å². The summed E-state index contributed by atoms with van der Waals surface area (Å²) in [4.78, 5) is 25.0. The van der Waals surface area contributed by atoms with Crippen molar-refractivity contribution in [1.29, 1.82) is 0 Å². The lowest BCUT2D eigenvalue weighted by atomic mass is 10.1. The van der Waals surface area contributed by atoms with E-state index >= 15 is 0 Å². The van der Waals surface area contributed by atoms with E-state index in [0.29, 0.717) is 23.0 Å². The number of carboxylic acid groups (broad SMARTS) is 1. The zero-order valence-corrected chi connectivity index (χ0v) is 24.6. The molecule has 0 aliphatic carbocycles. The smallest absolute Gasteiger partial charge is 0.411 e. The van der Waals surface area contributed by atoms with Gasteiger partial charge in [0.1, 0.15) is 6.61 Å². The summed E-state index contributed by atoms with van der Waals surface area (Å²) in [6.07, 6.45) is -0.552. The number of aromatic carboxylic acids is 1. The van der Waals surface area contributed by atoms with Gasteiger partial charge in [-0.15, -0.1) is 11.8 Å². The van der Waals surface area contributed by atoms with Gasteiger partial charge in [0.2, 0.25) is 0 Å². The van der Waals surface area contributed by atoms with Crippen molar-refractivity contribution in [3.8, 4) is 0 Å². The highest BCUT2D eigenvalue weighted by molar-refractivity contribution is 7.98. The number of ether oxygens (including phenoxy) is 1. The molecule has 0 aliphatic rings. The van der Waals surface area contributed by atoms with Gasteiger partial charge in [-0.05, 0) is 64.4 Å². The molecule has 0 saturated heterocycles. The third-order valence-electron chi connectivity index (χ3n) is 7.20. The van der Waals surface area contributed by atoms with Crippen LogP contribution in [0.25, 0.3) is 21.7 Å². The number of fused-ring (bicyclic) bond motifs is 2. The molecule has 1 heterocycles. The molecule has 0 spiro atoms. The topological polar surface area (TPSA) is 80.6 Å². The molecule has 6 rings (SSSR count). The zero-order chi connectivity index (χ0) is 29.8. The minimum atomic E-state index is -0.962. The van der Waals surface area contributed by atoms with Gasteiger partial charge in [0.15, 0.2) is 0 Å². The van der Waals surface area contributed by atoms with Gasteiger partial charge in [-0.2, -0.15) is 0 Å². The average Bonchev–Trinajstić information content (AvgIpc) is 3.29. The van der Waals surface area contributed by atoms with Crippen LogP contribution in [0.4, 0.5) is 10.5 Å². The molecule has 214 valence electrons. The number of hydrogen-bond donors (Lipinski definition) is 2. The van der Waals surface area contributed by atoms with Crippen LogP contribution in [0.3, 0.4) is 0 Å². The lowest BCUT2D eigenvalue weighted by Gasteiger charge is -2.12. The van der Waals surface area contributed by atoms with Gasteiger partial charge in [-0.3, -0.25) is 5.32 Å². The van der Waals surface area contributed by atoms with Crippen LogP contribution in [-0.4, -0.2) is 21.7 Å². The molecule has 0 saturated carbocycles. The molecule has 0 bridgehead atoms. The second kappa shape index (κ2) is 12.7. The maximum Gasteiger partial charge on any atom is 0.411 e. The monoisotopic (exact) mass is 606 g/mol. The molecule has 43 heavy (non-hydrogen) atoms. The Morgan fingerprint density at radius 2 is 1.56 bits per heavy atom. The van der Waals surface area contributed by atoms with Gasteiger partial charge in [-0.1, -0.05) is 84.4 Å². The SMILES string of the molecule is O=C(Nc1ccc2c(c1)c(Cl)c(CSc1ccc3ccccc3c1)n2Cc1ccc(C(=O)O)cc1)OCc1ccccc1. The summed E-state index contributed by atoms with van der Waals surface area (Å²) in [5, 5.41) is 15.9. The van der Waals surface area contributed by atoms with Gasteiger partial charge < -0.3 is 14.4 Å². The van der Waals surface area contributed by atoms with Crippen LogP contribution in [0.5, 0.6) is 0 Å². The molecule has 5 aromatic carbocycles. The molecule has 6 aromatic rings. The van der Waals surface area contributed by atoms with E-state index in [1.807, 2.05) is 72.8 Å². The highest BCUT2D eigenvalue weighted by Gasteiger charge is 2.18. The Morgan fingerprint density at radius 3 is 2.33 bits per heavy atom. The Bertz CT molecular complexity index is 1940. The second-order valence-corrected chi connectivity index (χ2v) is 11.5. The number of benzene rings is 5. The molecule has 2 N–H and O–H groups in total. The number of carbonyl (C=O) groups is 2. The molecule has 1 amide bonds. The Hall–Kier alpha value is -4.72. The summed E-state index contributed by atoms with van der Waals surface area (Å²) >= 11 is 8.75. The number of nitrogens with one attached hydrogen (secondary N) is 1. The number of anilines is 1. The second-order valence-electron chi connectivity index (χ2n) is 10.1. The molecular weight excluding hydrogens is 580 g/mol. The lowest BCUT2D eigenvalue weighted by Crippen LogP contribution is -2.13. The van der Waals surface area contributed by atoms with E-state index in [2.05, 4.69) is 40.2 Å². The minimum Gasteiger partial charge on any atom is -0.478 e. The summed E-state index contributed by atoms with van der Waals surface area (Å²) in [5.74, 6) is -0.350. The van der Waals surface area contributed by atoms with E-state index in [4.69, 9.17) is 16.3 Å². The number of aromatic nitrogens is 1. The number of halogens is 1. The Kier molecular flexibility index (Phi) is 8.36. The van der Waals surface area contributed by atoms with Crippen molar-refractivity contribution < 1.29 is 19.4 Å². The summed E-state index contributed by atoms with van der Waals surface area (Å²) in [7, 11) is 0. The first-order valence-corrected chi connectivity index (χ1v) is 15.0. The number of amides is 1. The molecule has 0 fully saturated rings. The number of hydrogen-bond acceptors (Lipinski definition) is 4. The number of rotatable bonds is 9. The van der Waals surface area contributed by atoms with Crippen LogP contribution in [0.1, 0.15) is 27.2 Å². The van der Waals surface area contributed by atoms with Gasteiger partial charge in [0, 0.05) is 34.0 Å². The van der Waals surface area contributed by atoms with E-state index in [-0.39, 0.29) is 12.2 Å². The van der Waals surface area contributed by atoms with E-state index in [9.17, 15) is 14.7 Å². The first kappa shape index (κ1) is 28.4. The first-order valence-electron chi connectivity index (χ1n) is 13.7. The molecule has 0 aliphatic heterocycles. The van der Waals surface area contributed by atoms with Crippen LogP contribution >= 0.6 is 23.4 Å². The van der Waals surface area contributed by atoms with E-state index in [0.717, 1.165) is 32.6 Å². The molecule has 0 atom stereocenters. The van der Waals surface area contributed by atoms with Crippen molar-refractivity contribution in [2.75, 3.05) is 5.32 Å². The van der Waals surface area contributed by atoms with E-state index in [1.54, 1.807) is 23.9 Å². The van der Waals surface area contributed by atoms with Gasteiger partial charge in [-0.25, -0.2) is 9.59 Å². The maximum absolute atomic E-state index is 12.5. The first-order chi connectivity index (χ1) is 20.9. The molecule has 6 nitrogen and oxygen atoms in total. The molecule has 1 aromatic heterocycles. The van der Waals surface area contributed by atoms with Crippen molar-refractivity contribution >= 4 is 62.8 Å². The summed E-state index contributed by atoms with van der Waals surface area (Å²) in [6, 6.07) is 36.6. The van der Waals surface area contributed by atoms with Gasteiger partial charge >= 0.3 is 12.1 Å². The number of thioether (sulfide) groups is 1. The quantitative estimate of drug-likeness (QED) is 0.160. The zero-order valence-electron chi connectivity index (χ0n) is 23.0. The van der Waals surface area contributed by atoms with Crippen molar-refractivity contribution in [2.24, 2.45) is 0 Å². The minimum absolute atomic E-state index is 0.170. The predicted octanol–water partition coefficient (Wildman–Crippen LogP) is 9.24. The molecule has 0 radical (unpaired) electrons. The summed E-state index contributed by atoms with van der Waals surface area (Å²) in [5.41, 5.74) is 4.50. The van der Waals surface area contributed by atoms with Crippen molar-refractivity contribution in [3.05, 3.63) is 143 Å². The lowest BCUT2D eigenvalue weighted by molar-refractivity contribution is 0.0696. The summed E-state index contributed by atoms with van der Waals surface area (Å²) < 4.78 is 7.55. The number of nitrogens with zero attached hydrogens (tertiary/aromatic N) is 1. The van der Waals surface area contributed by atoms with E-state index < -0.39 is 12.1 Å². The third-order valence-corrected chi connectivity index (χ3v) is 8.63. The molecule has 0 unspecified atom stereocenters. The highest BCUT2D eigenvalue weighted by atomic mass is 35.5. The Labute approximate surface area is 257 Å². The maximum atomic E-state index is 12.5. The Morgan fingerprint density at radius 1 is 0.814 bits per heavy atom. The predicted molar refractivity (Wildman–Crippen MR) is 173 cm³/mol. The van der Waals surface area contributed by atoms with Crippen molar-refractivity contribution in [3.63, 3.8) is 0 Å². The van der Waals surface area contributed by atoms with Crippen LogP contribution < -0.4 is 5.32 Å². The fraction of sp³-hybridized carbons (Fsp3) is 0.0857. The normalized spacial score (nSPS) is 11.1. The number of carbonyl (C=O) groups excluding carboxylic acids is 1. The molecule has 8 heteroatoms. The van der Waals surface area contributed by atoms with Gasteiger partial charge in [0.05, 0.1) is 16.1 Å². The summed E-state index contributed by atoms with van der Waals surface area (Å²) in [6.45, 7) is 0.672. The third kappa shape index (κ3) is 6.53. The largest absolute Gasteiger partial charge is 0.478 e. The van der Waals surface area contributed by atoms with Crippen LogP contribution in [-0.2, 0) is 23.6 Å². The standard InChI is InChI=1S/C35H27ClN2O4S/c36-33-30-19-28(37-35(41)42-21-24-6-2-1-3-7-24)15-17-31(30)38(20-23-10-12-26(13-11-23)34(39)40)32(33)22-43-29-16-14-25-8-4-5-9-27(25)18-29/h1-19H,20-22H2,(H,37,41)(H,39,40). The van der Waals surface area contributed by atoms with Crippen LogP contribution in [0.15, 0.2) is 120 Å². The molecular formula is C35H27ClN2O4S. The Balaban J connectivity index is 1.29. The van der Waals surface area contributed by atoms with Crippen molar-refractivity contribution in [2.45, 2.75) is 23.8 Å². The number of carboxylic acids is 1. The fourth-order valence-corrected chi connectivity index (χ4v) is 6.36. The van der Waals surface area contributed by atoms with Crippen LogP contribution in [0.2, 0.25) is 5.02 Å². The highest BCUT2D eigenvalue weighted by Crippen LogP contribution is 2.37. The van der Waals surface area contributed by atoms with Crippen molar-refractivity contribution in [1.82, 2.24) is 4.57 Å². The average molecular weight is 607 g/mol. The fourth-order valence-electron chi connectivity index (χ4n) is 4.99. The van der Waals surface area contributed by atoms with E-state index in [1.165, 1.54) is 10.8 Å². The van der Waals surface area contributed by atoms with Gasteiger partial charge in [0.25, 0.3) is 0 Å².